The summed E-state index contributed by atoms with van der Waals surface area (Å²) >= 11 is 0. The number of rotatable bonds is 9. The molecule has 0 aliphatic carbocycles. The van der Waals surface area contributed by atoms with E-state index in [1.165, 1.54) is 12.1 Å². The maximum absolute atomic E-state index is 14.9. The first-order valence-electron chi connectivity index (χ1n) is 13.1. The van der Waals surface area contributed by atoms with E-state index in [1.54, 1.807) is 61.5 Å². The normalized spacial score (nSPS) is 17.5. The van der Waals surface area contributed by atoms with Gasteiger partial charge < -0.3 is 15.4 Å². The van der Waals surface area contributed by atoms with E-state index in [0.29, 0.717) is 5.56 Å². The molecule has 11 heteroatoms. The molecule has 1 unspecified atom stereocenters. The van der Waals surface area contributed by atoms with E-state index in [4.69, 9.17) is 4.74 Å². The molecular formula is C31H28F6N2O3. The van der Waals surface area contributed by atoms with Crippen LogP contribution in [0.5, 0.6) is 5.75 Å². The third-order valence-corrected chi connectivity index (χ3v) is 6.93. The van der Waals surface area contributed by atoms with Crippen LogP contribution in [0.3, 0.4) is 0 Å². The van der Waals surface area contributed by atoms with Gasteiger partial charge in [-0.05, 0) is 47.7 Å². The van der Waals surface area contributed by atoms with Crippen molar-refractivity contribution in [1.82, 2.24) is 10.6 Å². The second-order valence-corrected chi connectivity index (χ2v) is 10.0. The Balaban J connectivity index is 1.68. The van der Waals surface area contributed by atoms with Gasteiger partial charge in [0.25, 0.3) is 11.8 Å². The zero-order valence-corrected chi connectivity index (χ0v) is 22.5. The fourth-order valence-electron chi connectivity index (χ4n) is 4.71. The van der Waals surface area contributed by atoms with Crippen molar-refractivity contribution >= 4 is 17.4 Å². The molecule has 42 heavy (non-hydrogen) atoms. The fourth-order valence-corrected chi connectivity index (χ4v) is 4.71. The molecule has 2 amide bonds. The van der Waals surface area contributed by atoms with Crippen molar-refractivity contribution in [2.75, 3.05) is 6.61 Å². The molecule has 1 heterocycles. The highest BCUT2D eigenvalue weighted by Crippen LogP contribution is 2.48. The summed E-state index contributed by atoms with van der Waals surface area (Å²) in [6.45, 7) is 1.58. The molecule has 0 bridgehead atoms. The van der Waals surface area contributed by atoms with Crippen LogP contribution in [0.4, 0.5) is 26.3 Å². The van der Waals surface area contributed by atoms with Crippen molar-refractivity contribution in [3.8, 4) is 5.75 Å². The number of nitrogens with one attached hydrogen (secondary N) is 2. The quantitative estimate of drug-likeness (QED) is 0.164. The maximum atomic E-state index is 14.9. The molecule has 5 nitrogen and oxygen atoms in total. The topological polar surface area (TPSA) is 67.4 Å². The fraction of sp³-hybridized carbons (Fsp3) is 0.290. The minimum absolute atomic E-state index is 0.0620. The lowest BCUT2D eigenvalue weighted by molar-refractivity contribution is -0.202. The van der Waals surface area contributed by atoms with Gasteiger partial charge in [-0.25, -0.2) is 0 Å². The summed E-state index contributed by atoms with van der Waals surface area (Å²) in [4.78, 5) is 26.7. The van der Waals surface area contributed by atoms with E-state index < -0.39 is 48.1 Å². The van der Waals surface area contributed by atoms with Gasteiger partial charge in [0.2, 0.25) is 0 Å². The standard InChI is InChI=1S/C31H28F6N2O3/c1-20-8-10-22(11-9-20)25-18-29(31(35,36)37,23-12-14-24(15-13-23)42-17-5-16-30(32,33)34)39-28(41)26(25)27(40)38-19-21-6-3-2-4-7-21/h2-4,6-15H,5,16-19H2,1H3,(H,38,40)(H,39,41). The van der Waals surface area contributed by atoms with Gasteiger partial charge in [-0.15, -0.1) is 0 Å². The molecule has 0 aromatic heterocycles. The van der Waals surface area contributed by atoms with E-state index in [9.17, 15) is 35.9 Å². The van der Waals surface area contributed by atoms with Crippen LogP contribution < -0.4 is 15.4 Å². The maximum Gasteiger partial charge on any atom is 0.416 e. The monoisotopic (exact) mass is 590 g/mol. The average molecular weight is 591 g/mol. The second-order valence-electron chi connectivity index (χ2n) is 10.0. The van der Waals surface area contributed by atoms with E-state index in [1.807, 2.05) is 0 Å². The van der Waals surface area contributed by atoms with Gasteiger partial charge in [-0.2, -0.15) is 26.3 Å². The summed E-state index contributed by atoms with van der Waals surface area (Å²) in [5.74, 6) is -1.92. The zero-order valence-electron chi connectivity index (χ0n) is 22.5. The predicted octanol–water partition coefficient (Wildman–Crippen LogP) is 6.76. The third kappa shape index (κ3) is 7.13. The summed E-state index contributed by atoms with van der Waals surface area (Å²) in [6, 6.07) is 20.0. The summed E-state index contributed by atoms with van der Waals surface area (Å²) in [7, 11) is 0. The van der Waals surface area contributed by atoms with Gasteiger partial charge in [0, 0.05) is 19.4 Å². The second kappa shape index (κ2) is 12.3. The molecule has 3 aromatic rings. The van der Waals surface area contributed by atoms with Crippen molar-refractivity contribution < 1.29 is 40.7 Å². The highest BCUT2D eigenvalue weighted by atomic mass is 19.4. The van der Waals surface area contributed by atoms with Crippen molar-refractivity contribution in [2.45, 2.75) is 50.6 Å². The van der Waals surface area contributed by atoms with Crippen molar-refractivity contribution in [2.24, 2.45) is 0 Å². The Kier molecular flexibility index (Phi) is 8.98. The van der Waals surface area contributed by atoms with Crippen LogP contribution in [0, 0.1) is 6.92 Å². The number of aryl methyl sites for hydroxylation is 1. The SMILES string of the molecule is Cc1ccc(C2=C(C(=O)NCc3ccccc3)C(=O)NC(c3ccc(OCCCC(F)(F)F)cc3)(C(F)(F)F)C2)cc1. The Morgan fingerprint density at radius 3 is 2.17 bits per heavy atom. The molecule has 0 fully saturated rings. The number of benzene rings is 3. The van der Waals surface area contributed by atoms with E-state index >= 15 is 0 Å². The molecule has 3 aromatic carbocycles. The lowest BCUT2D eigenvalue weighted by Crippen LogP contribution is -2.59. The van der Waals surface area contributed by atoms with Crippen LogP contribution >= 0.6 is 0 Å². The van der Waals surface area contributed by atoms with Crippen LogP contribution in [0.15, 0.2) is 84.4 Å². The van der Waals surface area contributed by atoms with Crippen molar-refractivity contribution in [3.63, 3.8) is 0 Å². The lowest BCUT2D eigenvalue weighted by atomic mass is 9.76. The largest absolute Gasteiger partial charge is 0.494 e. The highest BCUT2D eigenvalue weighted by Gasteiger charge is 2.60. The number of halogens is 6. The van der Waals surface area contributed by atoms with E-state index in [2.05, 4.69) is 10.6 Å². The minimum atomic E-state index is -4.99. The van der Waals surface area contributed by atoms with Crippen molar-refractivity contribution in [1.29, 1.82) is 0 Å². The van der Waals surface area contributed by atoms with Gasteiger partial charge in [0.1, 0.15) is 11.3 Å². The molecule has 4 rings (SSSR count). The number of hydrogen-bond donors (Lipinski definition) is 2. The number of carbonyl (C=O) groups is 2. The zero-order chi connectivity index (χ0) is 30.5. The van der Waals surface area contributed by atoms with Gasteiger partial charge in [0.15, 0.2) is 5.54 Å². The third-order valence-electron chi connectivity index (χ3n) is 6.93. The van der Waals surface area contributed by atoms with Crippen LogP contribution in [-0.2, 0) is 21.7 Å². The number of hydrogen-bond acceptors (Lipinski definition) is 3. The van der Waals surface area contributed by atoms with Gasteiger partial charge in [-0.3, -0.25) is 9.59 Å². The summed E-state index contributed by atoms with van der Waals surface area (Å²) < 4.78 is 87.1. The van der Waals surface area contributed by atoms with Crippen LogP contribution in [-0.4, -0.2) is 30.8 Å². The lowest BCUT2D eigenvalue weighted by Gasteiger charge is -2.41. The molecule has 1 atom stereocenters. The minimum Gasteiger partial charge on any atom is -0.494 e. The molecule has 0 saturated carbocycles. The van der Waals surface area contributed by atoms with Crippen LogP contribution in [0.1, 0.15) is 41.5 Å². The Bertz CT molecular complexity index is 1430. The first kappa shape index (κ1) is 30.7. The van der Waals surface area contributed by atoms with Crippen molar-refractivity contribution in [3.05, 3.63) is 107 Å². The summed E-state index contributed by atoms with van der Waals surface area (Å²) in [5, 5.41) is 4.70. The molecule has 0 radical (unpaired) electrons. The molecule has 0 spiro atoms. The Morgan fingerprint density at radius 1 is 0.929 bits per heavy atom. The first-order chi connectivity index (χ1) is 19.8. The molecule has 2 N–H and O–H groups in total. The summed E-state index contributed by atoms with van der Waals surface area (Å²) in [5.41, 5.74) is -1.83. The molecule has 222 valence electrons. The van der Waals surface area contributed by atoms with E-state index in [-0.39, 0.29) is 36.5 Å². The first-order valence-corrected chi connectivity index (χ1v) is 13.1. The highest BCUT2D eigenvalue weighted by molar-refractivity contribution is 6.24. The summed E-state index contributed by atoms with van der Waals surface area (Å²) in [6.07, 6.45) is -11.5. The molecule has 1 aliphatic heterocycles. The average Bonchev–Trinajstić information content (AvgIpc) is 2.94. The number of amides is 2. The smallest absolute Gasteiger partial charge is 0.416 e. The van der Waals surface area contributed by atoms with Crippen LogP contribution in [0.25, 0.3) is 5.57 Å². The van der Waals surface area contributed by atoms with Crippen LogP contribution in [0.2, 0.25) is 0 Å². The predicted molar refractivity (Wildman–Crippen MR) is 144 cm³/mol. The van der Waals surface area contributed by atoms with E-state index in [0.717, 1.165) is 23.3 Å². The van der Waals surface area contributed by atoms with Gasteiger partial charge in [0.05, 0.1) is 6.61 Å². The number of carbonyl (C=O) groups excluding carboxylic acids is 2. The Hall–Kier alpha value is -4.28. The Morgan fingerprint density at radius 2 is 1.57 bits per heavy atom. The Labute approximate surface area is 238 Å². The number of ether oxygens (including phenoxy) is 1. The molecular weight excluding hydrogens is 562 g/mol. The molecule has 1 aliphatic rings. The number of alkyl halides is 6. The van der Waals surface area contributed by atoms with Gasteiger partial charge in [-0.1, -0.05) is 72.3 Å². The molecule has 0 saturated heterocycles. The van der Waals surface area contributed by atoms with Gasteiger partial charge >= 0.3 is 12.4 Å².